The molecule has 1 saturated heterocycles. The molecular weight excluding hydrogens is 256 g/mol. The lowest BCUT2D eigenvalue weighted by molar-refractivity contribution is -0.145. The van der Waals surface area contributed by atoms with Crippen LogP contribution in [0.3, 0.4) is 0 Å². The van der Waals surface area contributed by atoms with Gasteiger partial charge in [-0.25, -0.2) is 4.79 Å². The maximum absolute atomic E-state index is 11.9. The summed E-state index contributed by atoms with van der Waals surface area (Å²) >= 11 is 1.06. The van der Waals surface area contributed by atoms with Gasteiger partial charge in [-0.05, 0) is 12.3 Å². The molecule has 0 radical (unpaired) electrons. The molecule has 1 fully saturated rings. The van der Waals surface area contributed by atoms with Gasteiger partial charge in [0.25, 0.3) is 5.24 Å². The van der Waals surface area contributed by atoms with Crippen LogP contribution in [0, 0.1) is 5.92 Å². The molecule has 0 spiro atoms. The van der Waals surface area contributed by atoms with E-state index < -0.39 is 18.1 Å². The molecule has 0 aromatic rings. The number of methoxy groups -OCH3 is 1. The van der Waals surface area contributed by atoms with Crippen molar-refractivity contribution in [1.29, 1.82) is 0 Å². The zero-order chi connectivity index (χ0) is 13.7. The molecule has 6 nitrogen and oxygen atoms in total. The molecule has 102 valence electrons. The van der Waals surface area contributed by atoms with Crippen LogP contribution < -0.4 is 10.6 Å². The first kappa shape index (κ1) is 14.8. The fraction of sp³-hybridized carbons (Fsp3) is 0.727. The monoisotopic (exact) mass is 274 g/mol. The second kappa shape index (κ2) is 6.63. The Morgan fingerprint density at radius 2 is 2.22 bits per heavy atom. The van der Waals surface area contributed by atoms with Gasteiger partial charge in [0.2, 0.25) is 5.91 Å². The molecule has 2 unspecified atom stereocenters. The number of amides is 2. The van der Waals surface area contributed by atoms with E-state index in [0.29, 0.717) is 12.2 Å². The van der Waals surface area contributed by atoms with Crippen LogP contribution in [0.25, 0.3) is 0 Å². The number of hydrogen-bond donors (Lipinski definition) is 2. The van der Waals surface area contributed by atoms with Gasteiger partial charge < -0.3 is 15.4 Å². The van der Waals surface area contributed by atoms with Gasteiger partial charge in [0.1, 0.15) is 12.1 Å². The number of nitrogens with one attached hydrogen (secondary N) is 2. The topological polar surface area (TPSA) is 84.5 Å². The number of rotatable bonds is 5. The van der Waals surface area contributed by atoms with Gasteiger partial charge in [0.05, 0.1) is 7.11 Å². The van der Waals surface area contributed by atoms with E-state index in [1.807, 2.05) is 13.8 Å². The van der Waals surface area contributed by atoms with E-state index in [0.717, 1.165) is 11.8 Å². The molecule has 1 aliphatic heterocycles. The summed E-state index contributed by atoms with van der Waals surface area (Å²) in [5, 5.41) is 4.93. The molecule has 0 aliphatic carbocycles. The molecule has 0 bridgehead atoms. The number of thioether (sulfide) groups is 1. The first-order chi connectivity index (χ1) is 8.43. The van der Waals surface area contributed by atoms with E-state index in [1.54, 1.807) is 0 Å². The van der Waals surface area contributed by atoms with E-state index in [-0.39, 0.29) is 17.1 Å². The van der Waals surface area contributed by atoms with Crippen LogP contribution >= 0.6 is 11.8 Å². The minimum Gasteiger partial charge on any atom is -0.467 e. The van der Waals surface area contributed by atoms with Crippen molar-refractivity contribution in [1.82, 2.24) is 10.6 Å². The van der Waals surface area contributed by atoms with E-state index in [1.165, 1.54) is 7.11 Å². The molecule has 1 rings (SSSR count). The van der Waals surface area contributed by atoms with Crippen molar-refractivity contribution >= 4 is 28.9 Å². The molecule has 2 N–H and O–H groups in total. The molecule has 1 heterocycles. The van der Waals surface area contributed by atoms with Crippen LogP contribution in [0.5, 0.6) is 0 Å². The van der Waals surface area contributed by atoms with Crippen molar-refractivity contribution in [2.45, 2.75) is 32.4 Å². The van der Waals surface area contributed by atoms with Crippen molar-refractivity contribution in [3.8, 4) is 0 Å². The lowest BCUT2D eigenvalue weighted by Crippen LogP contribution is -2.50. The first-order valence-corrected chi connectivity index (χ1v) is 6.74. The van der Waals surface area contributed by atoms with E-state index in [9.17, 15) is 14.4 Å². The summed E-state index contributed by atoms with van der Waals surface area (Å²) in [6.07, 6.45) is 0.506. The van der Waals surface area contributed by atoms with E-state index in [2.05, 4.69) is 15.4 Å². The summed E-state index contributed by atoms with van der Waals surface area (Å²) in [6.45, 7) is 3.91. The van der Waals surface area contributed by atoms with Crippen molar-refractivity contribution in [3.05, 3.63) is 0 Å². The highest BCUT2D eigenvalue weighted by atomic mass is 32.2. The van der Waals surface area contributed by atoms with Gasteiger partial charge in [0, 0.05) is 5.75 Å². The Labute approximate surface area is 110 Å². The van der Waals surface area contributed by atoms with Crippen LogP contribution in [0.2, 0.25) is 0 Å². The molecule has 0 saturated carbocycles. The summed E-state index contributed by atoms with van der Waals surface area (Å²) < 4.78 is 4.65. The zero-order valence-electron chi connectivity index (χ0n) is 10.7. The summed E-state index contributed by atoms with van der Waals surface area (Å²) in [7, 11) is 1.29. The quantitative estimate of drug-likeness (QED) is 0.714. The predicted octanol–water partition coefficient (Wildman–Crippen LogP) is 0.515. The Morgan fingerprint density at radius 3 is 2.67 bits per heavy atom. The number of carbonyl (C=O) groups excluding carboxylic acids is 3. The van der Waals surface area contributed by atoms with Gasteiger partial charge in [0.15, 0.2) is 0 Å². The second-order valence-corrected chi connectivity index (χ2v) is 5.50. The van der Waals surface area contributed by atoms with Crippen LogP contribution in [0.1, 0.15) is 20.3 Å². The number of esters is 1. The molecule has 2 atom stereocenters. The van der Waals surface area contributed by atoms with Crippen LogP contribution in [-0.2, 0) is 14.3 Å². The first-order valence-electron chi connectivity index (χ1n) is 5.75. The van der Waals surface area contributed by atoms with Crippen LogP contribution in [-0.4, -0.2) is 42.1 Å². The minimum absolute atomic E-state index is 0.214. The number of ether oxygens (including phenoxy) is 1. The third-order valence-electron chi connectivity index (χ3n) is 2.50. The third kappa shape index (κ3) is 4.21. The van der Waals surface area contributed by atoms with Gasteiger partial charge >= 0.3 is 5.97 Å². The summed E-state index contributed by atoms with van der Waals surface area (Å²) in [6, 6.07) is -1.23. The molecule has 0 aromatic heterocycles. The Bertz CT molecular complexity index is 346. The number of hydrogen-bond acceptors (Lipinski definition) is 5. The molecule has 7 heteroatoms. The van der Waals surface area contributed by atoms with Crippen LogP contribution in [0.4, 0.5) is 4.79 Å². The molecular formula is C11H18N2O4S. The highest BCUT2D eigenvalue weighted by Crippen LogP contribution is 2.14. The van der Waals surface area contributed by atoms with Crippen molar-refractivity contribution in [2.75, 3.05) is 12.9 Å². The van der Waals surface area contributed by atoms with Crippen molar-refractivity contribution in [2.24, 2.45) is 5.92 Å². The van der Waals surface area contributed by atoms with Crippen LogP contribution in [0.15, 0.2) is 0 Å². The van der Waals surface area contributed by atoms with Gasteiger partial charge in [-0.3, -0.25) is 9.59 Å². The fourth-order valence-electron chi connectivity index (χ4n) is 1.63. The average molecular weight is 274 g/mol. The lowest BCUT2D eigenvalue weighted by Gasteiger charge is -2.20. The Balaban J connectivity index is 2.56. The summed E-state index contributed by atoms with van der Waals surface area (Å²) in [4.78, 5) is 34.4. The summed E-state index contributed by atoms with van der Waals surface area (Å²) in [5.41, 5.74) is 0. The third-order valence-corrected chi connectivity index (χ3v) is 3.38. The highest BCUT2D eigenvalue weighted by Gasteiger charge is 2.31. The van der Waals surface area contributed by atoms with Crippen molar-refractivity contribution < 1.29 is 19.1 Å². The second-order valence-electron chi connectivity index (χ2n) is 4.51. The molecule has 2 amide bonds. The SMILES string of the molecule is COC(=O)C(CC(C)C)NC(=O)C1CSC(=O)N1. The zero-order valence-corrected chi connectivity index (χ0v) is 11.5. The molecule has 1 aliphatic rings. The maximum atomic E-state index is 11.9. The standard InChI is InChI=1S/C11H18N2O4S/c1-6(2)4-7(10(15)17-3)12-9(14)8-5-18-11(16)13-8/h6-8H,4-5H2,1-3H3,(H,12,14)(H,13,16). The van der Waals surface area contributed by atoms with Gasteiger partial charge in [-0.2, -0.15) is 0 Å². The lowest BCUT2D eigenvalue weighted by atomic mass is 10.0. The number of carbonyl (C=O) groups is 3. The Kier molecular flexibility index (Phi) is 5.46. The molecule has 0 aromatic carbocycles. The highest BCUT2D eigenvalue weighted by molar-refractivity contribution is 8.14. The summed E-state index contributed by atoms with van der Waals surface area (Å²) in [5.74, 6) is -0.166. The Morgan fingerprint density at radius 1 is 1.56 bits per heavy atom. The Hall–Kier alpha value is -1.24. The predicted molar refractivity (Wildman–Crippen MR) is 68.2 cm³/mol. The fourth-order valence-corrected chi connectivity index (χ4v) is 2.40. The van der Waals surface area contributed by atoms with Gasteiger partial charge in [-0.15, -0.1) is 0 Å². The van der Waals surface area contributed by atoms with E-state index in [4.69, 9.17) is 0 Å². The largest absolute Gasteiger partial charge is 0.467 e. The van der Waals surface area contributed by atoms with Gasteiger partial charge in [-0.1, -0.05) is 25.6 Å². The van der Waals surface area contributed by atoms with Crippen molar-refractivity contribution in [3.63, 3.8) is 0 Å². The minimum atomic E-state index is -0.662. The average Bonchev–Trinajstić information content (AvgIpc) is 2.73. The normalized spacial score (nSPS) is 20.4. The maximum Gasteiger partial charge on any atom is 0.328 e. The molecule has 18 heavy (non-hydrogen) atoms. The van der Waals surface area contributed by atoms with E-state index >= 15 is 0 Å². The smallest absolute Gasteiger partial charge is 0.328 e.